The normalized spacial score (nSPS) is 16.7. The van der Waals surface area contributed by atoms with Crippen molar-refractivity contribution in [3.8, 4) is 0 Å². The molecular formula is C16H24N2O2. The highest BCUT2D eigenvalue weighted by Gasteiger charge is 2.24. The molecule has 0 radical (unpaired) electrons. The maximum Gasteiger partial charge on any atom is 0.337 e. The van der Waals surface area contributed by atoms with Gasteiger partial charge in [0.15, 0.2) is 0 Å². The van der Waals surface area contributed by atoms with Crippen LogP contribution in [-0.2, 0) is 0 Å². The molecule has 0 saturated carbocycles. The van der Waals surface area contributed by atoms with Crippen LogP contribution >= 0.6 is 0 Å². The molecule has 0 bridgehead atoms. The highest BCUT2D eigenvalue weighted by atomic mass is 16.4. The first-order chi connectivity index (χ1) is 9.49. The summed E-state index contributed by atoms with van der Waals surface area (Å²) in [5.74, 6) is -0.113. The van der Waals surface area contributed by atoms with Gasteiger partial charge in [0.25, 0.3) is 0 Å². The molecule has 0 aliphatic carbocycles. The van der Waals surface area contributed by atoms with Gasteiger partial charge in [0.1, 0.15) is 0 Å². The summed E-state index contributed by atoms with van der Waals surface area (Å²) < 4.78 is 0. The van der Waals surface area contributed by atoms with Crippen molar-refractivity contribution in [3.05, 3.63) is 29.3 Å². The maximum absolute atomic E-state index is 11.4. The number of hydrogen-bond donors (Lipinski definition) is 1. The van der Waals surface area contributed by atoms with E-state index >= 15 is 0 Å². The second-order valence-electron chi connectivity index (χ2n) is 5.97. The third-order valence-corrected chi connectivity index (χ3v) is 4.02. The van der Waals surface area contributed by atoms with Crippen LogP contribution in [0.15, 0.2) is 18.2 Å². The van der Waals surface area contributed by atoms with Crippen LogP contribution in [0.3, 0.4) is 0 Å². The number of aryl methyl sites for hydroxylation is 1. The Balaban J connectivity index is 2.13. The molecule has 0 unspecified atom stereocenters. The Morgan fingerprint density at radius 3 is 2.55 bits per heavy atom. The number of piperidine rings is 1. The molecule has 20 heavy (non-hydrogen) atoms. The minimum absolute atomic E-state index is 0.427. The Kier molecular flexibility index (Phi) is 4.65. The van der Waals surface area contributed by atoms with Gasteiger partial charge in [-0.25, -0.2) is 4.79 Å². The number of carboxylic acid groups (broad SMARTS) is 1. The number of benzene rings is 1. The summed E-state index contributed by atoms with van der Waals surface area (Å²) in [5.41, 5.74) is 2.38. The first kappa shape index (κ1) is 14.9. The molecule has 1 fully saturated rings. The van der Waals surface area contributed by atoms with Crippen LogP contribution < -0.4 is 4.90 Å². The molecule has 1 aliphatic heterocycles. The van der Waals surface area contributed by atoms with E-state index < -0.39 is 5.97 Å². The summed E-state index contributed by atoms with van der Waals surface area (Å²) in [5, 5.41) is 9.36. The van der Waals surface area contributed by atoms with E-state index in [-0.39, 0.29) is 0 Å². The van der Waals surface area contributed by atoms with Gasteiger partial charge in [-0.2, -0.15) is 0 Å². The summed E-state index contributed by atoms with van der Waals surface area (Å²) in [4.78, 5) is 15.9. The smallest absolute Gasteiger partial charge is 0.337 e. The summed E-state index contributed by atoms with van der Waals surface area (Å²) in [7, 11) is 4.21. The van der Waals surface area contributed by atoms with Gasteiger partial charge in [-0.3, -0.25) is 0 Å². The average Bonchev–Trinajstić information content (AvgIpc) is 2.39. The summed E-state index contributed by atoms with van der Waals surface area (Å²) in [6, 6.07) is 5.52. The lowest BCUT2D eigenvalue weighted by molar-refractivity contribution is 0.0697. The number of anilines is 1. The van der Waals surface area contributed by atoms with Gasteiger partial charge in [0.05, 0.1) is 11.3 Å². The van der Waals surface area contributed by atoms with Gasteiger partial charge in [-0.05, 0) is 51.4 Å². The molecule has 1 aromatic carbocycles. The molecule has 2 rings (SSSR count). The van der Waals surface area contributed by atoms with E-state index in [1.165, 1.54) is 0 Å². The molecule has 0 amide bonds. The molecule has 4 heteroatoms. The van der Waals surface area contributed by atoms with Crippen molar-refractivity contribution in [1.29, 1.82) is 0 Å². The number of para-hydroxylation sites is 1. The Bertz CT molecular complexity index is 477. The van der Waals surface area contributed by atoms with E-state index in [0.717, 1.165) is 49.6 Å². The largest absolute Gasteiger partial charge is 0.478 e. The van der Waals surface area contributed by atoms with Crippen molar-refractivity contribution in [2.24, 2.45) is 5.92 Å². The minimum atomic E-state index is -0.834. The molecule has 0 spiro atoms. The second-order valence-corrected chi connectivity index (χ2v) is 5.97. The highest BCUT2D eigenvalue weighted by Crippen LogP contribution is 2.29. The van der Waals surface area contributed by atoms with Crippen molar-refractivity contribution in [3.63, 3.8) is 0 Å². The van der Waals surface area contributed by atoms with E-state index in [9.17, 15) is 9.90 Å². The number of hydrogen-bond acceptors (Lipinski definition) is 3. The fourth-order valence-electron chi connectivity index (χ4n) is 3.11. The van der Waals surface area contributed by atoms with E-state index in [1.54, 1.807) is 6.07 Å². The highest BCUT2D eigenvalue weighted by molar-refractivity contribution is 5.95. The van der Waals surface area contributed by atoms with Crippen molar-refractivity contribution in [2.75, 3.05) is 38.6 Å². The summed E-state index contributed by atoms with van der Waals surface area (Å²) >= 11 is 0. The number of aromatic carboxylic acids is 1. The van der Waals surface area contributed by atoms with Crippen LogP contribution in [0.5, 0.6) is 0 Å². The lowest BCUT2D eigenvalue weighted by Crippen LogP contribution is -2.38. The predicted molar refractivity (Wildman–Crippen MR) is 81.6 cm³/mol. The zero-order chi connectivity index (χ0) is 14.7. The van der Waals surface area contributed by atoms with Gasteiger partial charge < -0.3 is 14.9 Å². The quantitative estimate of drug-likeness (QED) is 0.917. The maximum atomic E-state index is 11.4. The average molecular weight is 276 g/mol. The molecule has 0 aromatic heterocycles. The van der Waals surface area contributed by atoms with Gasteiger partial charge in [-0.15, -0.1) is 0 Å². The number of carboxylic acids is 1. The third kappa shape index (κ3) is 3.31. The van der Waals surface area contributed by atoms with E-state index in [1.807, 2.05) is 19.1 Å². The van der Waals surface area contributed by atoms with Crippen molar-refractivity contribution in [1.82, 2.24) is 4.90 Å². The molecule has 1 saturated heterocycles. The van der Waals surface area contributed by atoms with Gasteiger partial charge in [0, 0.05) is 19.6 Å². The van der Waals surface area contributed by atoms with Crippen LogP contribution in [-0.4, -0.2) is 49.7 Å². The Hall–Kier alpha value is -1.55. The topological polar surface area (TPSA) is 43.8 Å². The molecule has 1 aromatic rings. The Morgan fingerprint density at radius 1 is 1.35 bits per heavy atom. The van der Waals surface area contributed by atoms with Gasteiger partial charge in [0.2, 0.25) is 0 Å². The zero-order valence-electron chi connectivity index (χ0n) is 12.6. The van der Waals surface area contributed by atoms with Crippen molar-refractivity contribution < 1.29 is 9.90 Å². The number of carbonyl (C=O) groups is 1. The monoisotopic (exact) mass is 276 g/mol. The Morgan fingerprint density at radius 2 is 2.00 bits per heavy atom. The van der Waals surface area contributed by atoms with Crippen LogP contribution in [0.1, 0.15) is 28.8 Å². The number of rotatable bonds is 4. The molecule has 4 nitrogen and oxygen atoms in total. The minimum Gasteiger partial charge on any atom is -0.478 e. The number of nitrogens with zero attached hydrogens (tertiary/aromatic N) is 2. The zero-order valence-corrected chi connectivity index (χ0v) is 12.6. The van der Waals surface area contributed by atoms with Crippen LogP contribution in [0, 0.1) is 12.8 Å². The predicted octanol–water partition coefficient (Wildman–Crippen LogP) is 2.47. The lowest BCUT2D eigenvalue weighted by Gasteiger charge is -2.36. The van der Waals surface area contributed by atoms with Crippen LogP contribution in [0.2, 0.25) is 0 Å². The fraction of sp³-hybridized carbons (Fsp3) is 0.562. The Labute approximate surface area is 121 Å². The van der Waals surface area contributed by atoms with Crippen LogP contribution in [0.25, 0.3) is 0 Å². The molecule has 1 aliphatic rings. The van der Waals surface area contributed by atoms with E-state index in [2.05, 4.69) is 23.9 Å². The molecule has 1 heterocycles. The first-order valence-corrected chi connectivity index (χ1v) is 7.21. The standard InChI is InChI=1S/C16H24N2O2/c1-12-5-4-6-14(16(19)20)15(12)18-9-7-13(8-10-18)11-17(2)3/h4-6,13H,7-11H2,1-3H3,(H,19,20). The second kappa shape index (κ2) is 6.27. The van der Waals surface area contributed by atoms with Gasteiger partial charge in [-0.1, -0.05) is 12.1 Å². The fourth-order valence-corrected chi connectivity index (χ4v) is 3.11. The lowest BCUT2D eigenvalue weighted by atomic mass is 9.94. The van der Waals surface area contributed by atoms with E-state index in [4.69, 9.17) is 0 Å². The SMILES string of the molecule is Cc1cccc(C(=O)O)c1N1CCC(CN(C)C)CC1. The van der Waals surface area contributed by atoms with Crippen molar-refractivity contribution in [2.45, 2.75) is 19.8 Å². The van der Waals surface area contributed by atoms with E-state index in [0.29, 0.717) is 5.56 Å². The van der Waals surface area contributed by atoms with Crippen LogP contribution in [0.4, 0.5) is 5.69 Å². The first-order valence-electron chi connectivity index (χ1n) is 7.21. The summed E-state index contributed by atoms with van der Waals surface area (Å²) in [6.07, 6.45) is 2.26. The third-order valence-electron chi connectivity index (χ3n) is 4.02. The van der Waals surface area contributed by atoms with Gasteiger partial charge >= 0.3 is 5.97 Å². The molecule has 110 valence electrons. The molecular weight excluding hydrogens is 252 g/mol. The molecule has 0 atom stereocenters. The summed E-state index contributed by atoms with van der Waals surface area (Å²) in [6.45, 7) is 5.01. The molecule has 1 N–H and O–H groups in total. The van der Waals surface area contributed by atoms with Crippen molar-refractivity contribution >= 4 is 11.7 Å².